The standard InChI is InChI=1S/C11H20N4/c1-3-9(7-12)11-14-13-10-6-8(2)4-5-15(10)11/h8-9H,3-7,12H2,1-2H3. The number of aromatic nitrogens is 3. The lowest BCUT2D eigenvalue weighted by atomic mass is 9.99. The molecule has 0 fully saturated rings. The molecule has 4 heteroatoms. The summed E-state index contributed by atoms with van der Waals surface area (Å²) >= 11 is 0. The van der Waals surface area contributed by atoms with Gasteiger partial charge in [-0.05, 0) is 18.8 Å². The second kappa shape index (κ2) is 4.31. The molecule has 15 heavy (non-hydrogen) atoms. The third-order valence-electron chi connectivity index (χ3n) is 3.38. The van der Waals surface area contributed by atoms with Crippen molar-refractivity contribution < 1.29 is 0 Å². The van der Waals surface area contributed by atoms with E-state index in [0.717, 1.165) is 37.0 Å². The highest BCUT2D eigenvalue weighted by Gasteiger charge is 2.23. The van der Waals surface area contributed by atoms with Crippen LogP contribution in [0.15, 0.2) is 0 Å². The Balaban J connectivity index is 2.27. The van der Waals surface area contributed by atoms with E-state index in [2.05, 4.69) is 28.6 Å². The van der Waals surface area contributed by atoms with Crippen LogP contribution in [0.25, 0.3) is 0 Å². The molecule has 1 aromatic rings. The van der Waals surface area contributed by atoms with Crippen molar-refractivity contribution in [3.05, 3.63) is 11.6 Å². The zero-order valence-corrected chi connectivity index (χ0v) is 9.61. The van der Waals surface area contributed by atoms with E-state index in [9.17, 15) is 0 Å². The Hall–Kier alpha value is -0.900. The van der Waals surface area contributed by atoms with Gasteiger partial charge in [0, 0.05) is 25.4 Å². The van der Waals surface area contributed by atoms with Crippen LogP contribution in [0, 0.1) is 5.92 Å². The smallest absolute Gasteiger partial charge is 0.137 e. The number of fused-ring (bicyclic) bond motifs is 1. The number of rotatable bonds is 3. The quantitative estimate of drug-likeness (QED) is 0.815. The molecule has 2 unspecified atom stereocenters. The molecule has 1 aromatic heterocycles. The molecule has 2 N–H and O–H groups in total. The largest absolute Gasteiger partial charge is 0.330 e. The minimum absolute atomic E-state index is 0.375. The molecule has 0 aliphatic carbocycles. The Morgan fingerprint density at radius 2 is 2.33 bits per heavy atom. The fraction of sp³-hybridized carbons (Fsp3) is 0.818. The lowest BCUT2D eigenvalue weighted by molar-refractivity contribution is 0.396. The normalized spacial score (nSPS) is 22.5. The van der Waals surface area contributed by atoms with Crippen molar-refractivity contribution in [2.24, 2.45) is 11.7 Å². The van der Waals surface area contributed by atoms with Gasteiger partial charge in [-0.15, -0.1) is 10.2 Å². The lowest BCUT2D eigenvalue weighted by Gasteiger charge is -2.22. The Morgan fingerprint density at radius 1 is 1.53 bits per heavy atom. The molecular weight excluding hydrogens is 188 g/mol. The fourth-order valence-corrected chi connectivity index (χ4v) is 2.26. The summed E-state index contributed by atoms with van der Waals surface area (Å²) in [6.45, 7) is 6.17. The van der Waals surface area contributed by atoms with Crippen LogP contribution in [-0.4, -0.2) is 21.3 Å². The summed E-state index contributed by atoms with van der Waals surface area (Å²) in [7, 11) is 0. The van der Waals surface area contributed by atoms with Gasteiger partial charge in [0.05, 0.1) is 0 Å². The van der Waals surface area contributed by atoms with Crippen molar-refractivity contribution in [3.8, 4) is 0 Å². The molecule has 2 atom stereocenters. The van der Waals surface area contributed by atoms with Gasteiger partial charge in [0.25, 0.3) is 0 Å². The van der Waals surface area contributed by atoms with Crippen LogP contribution in [-0.2, 0) is 13.0 Å². The van der Waals surface area contributed by atoms with Gasteiger partial charge in [-0.3, -0.25) is 0 Å². The molecular formula is C11H20N4. The number of nitrogens with zero attached hydrogens (tertiary/aromatic N) is 3. The predicted octanol–water partition coefficient (Wildman–Crippen LogP) is 1.31. The minimum atomic E-state index is 0.375. The first-order valence-corrected chi connectivity index (χ1v) is 5.88. The maximum atomic E-state index is 5.75. The highest BCUT2D eigenvalue weighted by Crippen LogP contribution is 2.24. The third-order valence-corrected chi connectivity index (χ3v) is 3.38. The molecule has 0 aromatic carbocycles. The Labute approximate surface area is 90.9 Å². The first kappa shape index (κ1) is 10.6. The number of nitrogens with two attached hydrogens (primary N) is 1. The SMILES string of the molecule is CCC(CN)c1nnc2n1CCC(C)C2. The molecule has 2 rings (SSSR count). The molecule has 0 amide bonds. The summed E-state index contributed by atoms with van der Waals surface area (Å²) in [6, 6.07) is 0. The molecule has 0 spiro atoms. The van der Waals surface area contributed by atoms with Crippen LogP contribution >= 0.6 is 0 Å². The molecule has 84 valence electrons. The Kier molecular flexibility index (Phi) is 3.05. The van der Waals surface area contributed by atoms with Gasteiger partial charge in [-0.25, -0.2) is 0 Å². The lowest BCUT2D eigenvalue weighted by Crippen LogP contribution is -2.22. The molecule has 0 saturated carbocycles. The first-order chi connectivity index (χ1) is 7.26. The van der Waals surface area contributed by atoms with Gasteiger partial charge in [0.2, 0.25) is 0 Å². The first-order valence-electron chi connectivity index (χ1n) is 5.88. The number of hydrogen-bond acceptors (Lipinski definition) is 3. The van der Waals surface area contributed by atoms with E-state index in [4.69, 9.17) is 5.73 Å². The van der Waals surface area contributed by atoms with E-state index in [1.165, 1.54) is 6.42 Å². The molecule has 0 radical (unpaired) electrons. The molecule has 0 bridgehead atoms. The van der Waals surface area contributed by atoms with Crippen molar-refractivity contribution in [1.29, 1.82) is 0 Å². The van der Waals surface area contributed by atoms with Crippen molar-refractivity contribution in [1.82, 2.24) is 14.8 Å². The molecule has 2 heterocycles. The van der Waals surface area contributed by atoms with Crippen LogP contribution in [0.1, 0.15) is 44.3 Å². The van der Waals surface area contributed by atoms with E-state index in [0.29, 0.717) is 12.5 Å². The molecule has 1 aliphatic rings. The van der Waals surface area contributed by atoms with E-state index >= 15 is 0 Å². The van der Waals surface area contributed by atoms with E-state index in [-0.39, 0.29) is 0 Å². The zero-order valence-electron chi connectivity index (χ0n) is 9.61. The summed E-state index contributed by atoms with van der Waals surface area (Å²) in [4.78, 5) is 0. The summed E-state index contributed by atoms with van der Waals surface area (Å²) in [5, 5.41) is 8.59. The van der Waals surface area contributed by atoms with Crippen LogP contribution in [0.3, 0.4) is 0 Å². The van der Waals surface area contributed by atoms with Gasteiger partial charge in [0.15, 0.2) is 0 Å². The van der Waals surface area contributed by atoms with Gasteiger partial charge in [0.1, 0.15) is 11.6 Å². The van der Waals surface area contributed by atoms with Gasteiger partial charge in [-0.2, -0.15) is 0 Å². The van der Waals surface area contributed by atoms with Crippen LogP contribution in [0.4, 0.5) is 0 Å². The van der Waals surface area contributed by atoms with E-state index < -0.39 is 0 Å². The van der Waals surface area contributed by atoms with Crippen molar-refractivity contribution >= 4 is 0 Å². The summed E-state index contributed by atoms with van der Waals surface area (Å²) < 4.78 is 2.28. The highest BCUT2D eigenvalue weighted by atomic mass is 15.3. The van der Waals surface area contributed by atoms with Crippen molar-refractivity contribution in [3.63, 3.8) is 0 Å². The topological polar surface area (TPSA) is 56.7 Å². The monoisotopic (exact) mass is 208 g/mol. The molecule has 4 nitrogen and oxygen atoms in total. The Morgan fingerprint density at radius 3 is 3.00 bits per heavy atom. The molecule has 0 saturated heterocycles. The maximum absolute atomic E-state index is 5.75. The fourth-order valence-electron chi connectivity index (χ4n) is 2.26. The van der Waals surface area contributed by atoms with E-state index in [1.54, 1.807) is 0 Å². The van der Waals surface area contributed by atoms with E-state index in [1.807, 2.05) is 0 Å². The summed E-state index contributed by atoms with van der Waals surface area (Å²) in [5.74, 6) is 3.37. The van der Waals surface area contributed by atoms with Crippen LogP contribution in [0.2, 0.25) is 0 Å². The zero-order chi connectivity index (χ0) is 10.8. The Bertz CT molecular complexity index is 327. The summed E-state index contributed by atoms with van der Waals surface area (Å²) in [5.41, 5.74) is 5.75. The second-order valence-electron chi connectivity index (χ2n) is 4.56. The average molecular weight is 208 g/mol. The van der Waals surface area contributed by atoms with Crippen molar-refractivity contribution in [2.45, 2.75) is 45.6 Å². The highest BCUT2D eigenvalue weighted by molar-refractivity contribution is 5.05. The van der Waals surface area contributed by atoms with Crippen LogP contribution in [0.5, 0.6) is 0 Å². The maximum Gasteiger partial charge on any atom is 0.137 e. The van der Waals surface area contributed by atoms with Crippen molar-refractivity contribution in [2.75, 3.05) is 6.54 Å². The minimum Gasteiger partial charge on any atom is -0.330 e. The van der Waals surface area contributed by atoms with Gasteiger partial charge < -0.3 is 10.3 Å². The second-order valence-corrected chi connectivity index (χ2v) is 4.56. The summed E-state index contributed by atoms with van der Waals surface area (Å²) in [6.07, 6.45) is 3.34. The third kappa shape index (κ3) is 1.91. The van der Waals surface area contributed by atoms with Gasteiger partial charge >= 0.3 is 0 Å². The molecule has 1 aliphatic heterocycles. The number of hydrogen-bond donors (Lipinski definition) is 1. The van der Waals surface area contributed by atoms with Crippen LogP contribution < -0.4 is 5.73 Å². The van der Waals surface area contributed by atoms with Gasteiger partial charge in [-0.1, -0.05) is 13.8 Å². The average Bonchev–Trinajstić information content (AvgIpc) is 2.63. The predicted molar refractivity (Wildman–Crippen MR) is 59.6 cm³/mol.